The number of amides is 1. The van der Waals surface area contributed by atoms with Crippen molar-refractivity contribution in [2.75, 3.05) is 24.2 Å². The third kappa shape index (κ3) is 3.15. The quantitative estimate of drug-likeness (QED) is 0.758. The highest BCUT2D eigenvalue weighted by Crippen LogP contribution is 2.43. The first-order valence-corrected chi connectivity index (χ1v) is 11.0. The molecular formula is C19H20ClN3O4S. The topological polar surface area (TPSA) is 79.8 Å². The lowest BCUT2D eigenvalue weighted by molar-refractivity contribution is 0.0764. The molecular weight excluding hydrogens is 402 g/mol. The van der Waals surface area contributed by atoms with Crippen LogP contribution in [0, 0.1) is 0 Å². The molecule has 1 amide bonds. The summed E-state index contributed by atoms with van der Waals surface area (Å²) in [6.07, 6.45) is 4.12. The predicted molar refractivity (Wildman–Crippen MR) is 106 cm³/mol. The van der Waals surface area contributed by atoms with Crippen LogP contribution in [0.3, 0.4) is 0 Å². The molecule has 0 spiro atoms. The van der Waals surface area contributed by atoms with Crippen LogP contribution in [0.1, 0.15) is 29.8 Å². The molecule has 1 fully saturated rings. The summed E-state index contributed by atoms with van der Waals surface area (Å²) in [5, 5.41) is 0.581. The van der Waals surface area contributed by atoms with Gasteiger partial charge in [-0.05, 0) is 37.6 Å². The highest BCUT2D eigenvalue weighted by Gasteiger charge is 2.44. The van der Waals surface area contributed by atoms with Gasteiger partial charge in [-0.25, -0.2) is 8.42 Å². The van der Waals surface area contributed by atoms with Crippen LogP contribution in [0.15, 0.2) is 36.7 Å². The van der Waals surface area contributed by atoms with E-state index < -0.39 is 15.6 Å². The summed E-state index contributed by atoms with van der Waals surface area (Å²) in [5.41, 5.74) is 1.49. The number of rotatable bonds is 4. The number of nitrogens with zero attached hydrogens (tertiary/aromatic N) is 3. The summed E-state index contributed by atoms with van der Waals surface area (Å²) < 4.78 is 30.2. The van der Waals surface area contributed by atoms with Crippen LogP contribution < -0.4 is 9.64 Å². The number of pyridine rings is 1. The first-order chi connectivity index (χ1) is 13.1. The number of benzene rings is 1. The van der Waals surface area contributed by atoms with E-state index in [2.05, 4.69) is 4.98 Å². The molecule has 0 atom stereocenters. The summed E-state index contributed by atoms with van der Waals surface area (Å²) in [5.74, 6) is 0.371. The third-order valence-electron chi connectivity index (χ3n) is 5.18. The molecule has 2 aliphatic heterocycles. The number of fused-ring (bicyclic) bond motifs is 1. The number of hydrogen-bond donors (Lipinski definition) is 0. The fourth-order valence-corrected chi connectivity index (χ4v) is 4.72. The van der Waals surface area contributed by atoms with Crippen molar-refractivity contribution in [2.45, 2.75) is 25.5 Å². The van der Waals surface area contributed by atoms with Gasteiger partial charge in [-0.1, -0.05) is 11.6 Å². The Hall–Kier alpha value is -2.16. The van der Waals surface area contributed by atoms with E-state index >= 15 is 0 Å². The van der Waals surface area contributed by atoms with Gasteiger partial charge in [0.15, 0.2) is 0 Å². The molecule has 0 radical (unpaired) electrons. The van der Waals surface area contributed by atoms with Gasteiger partial charge < -0.3 is 4.74 Å². The Labute approximate surface area is 168 Å². The zero-order chi connectivity index (χ0) is 20.3. The molecule has 0 bridgehead atoms. The highest BCUT2D eigenvalue weighted by molar-refractivity contribution is 7.88. The van der Waals surface area contributed by atoms with Gasteiger partial charge in [0.2, 0.25) is 10.0 Å². The van der Waals surface area contributed by atoms with Crippen molar-refractivity contribution in [1.82, 2.24) is 9.29 Å². The number of carbonyl (C=O) groups excluding carboxylic acids is 1. The number of halogens is 1. The maximum Gasteiger partial charge on any atom is 0.259 e. The summed E-state index contributed by atoms with van der Waals surface area (Å²) >= 11 is 6.13. The number of carbonyl (C=O) groups is 1. The van der Waals surface area contributed by atoms with Crippen LogP contribution in [0.5, 0.6) is 5.75 Å². The van der Waals surface area contributed by atoms with Crippen LogP contribution in [0.2, 0.25) is 5.02 Å². The van der Waals surface area contributed by atoms with Crippen molar-refractivity contribution in [2.24, 2.45) is 0 Å². The highest BCUT2D eigenvalue weighted by atomic mass is 35.5. The summed E-state index contributed by atoms with van der Waals surface area (Å²) in [4.78, 5) is 18.9. The van der Waals surface area contributed by atoms with E-state index in [1.165, 1.54) is 10.6 Å². The van der Waals surface area contributed by atoms with E-state index in [0.717, 1.165) is 5.56 Å². The van der Waals surface area contributed by atoms with Crippen LogP contribution >= 0.6 is 11.6 Å². The largest absolute Gasteiger partial charge is 0.486 e. The molecule has 0 saturated carbocycles. The number of aromatic nitrogens is 1. The average Bonchev–Trinajstić information content (AvgIpc) is 2.75. The van der Waals surface area contributed by atoms with E-state index in [4.69, 9.17) is 16.3 Å². The molecule has 0 unspecified atom stereocenters. The minimum absolute atomic E-state index is 0.123. The van der Waals surface area contributed by atoms with Crippen molar-refractivity contribution in [1.29, 1.82) is 0 Å². The van der Waals surface area contributed by atoms with Crippen molar-refractivity contribution < 1.29 is 17.9 Å². The maximum absolute atomic E-state index is 13.0. The molecule has 2 aromatic rings. The Morgan fingerprint density at radius 3 is 2.61 bits per heavy atom. The summed E-state index contributed by atoms with van der Waals surface area (Å²) in [6, 6.07) is 7.02. The minimum atomic E-state index is -3.20. The van der Waals surface area contributed by atoms with Gasteiger partial charge in [0, 0.05) is 16.7 Å². The van der Waals surface area contributed by atoms with Crippen LogP contribution in [-0.2, 0) is 15.6 Å². The molecule has 3 heterocycles. The van der Waals surface area contributed by atoms with Gasteiger partial charge in [0.1, 0.15) is 11.9 Å². The van der Waals surface area contributed by atoms with E-state index in [0.29, 0.717) is 35.1 Å². The van der Waals surface area contributed by atoms with E-state index in [-0.39, 0.29) is 12.0 Å². The predicted octanol–water partition coefficient (Wildman–Crippen LogP) is 2.65. The molecule has 0 aliphatic carbocycles. The van der Waals surface area contributed by atoms with Crippen molar-refractivity contribution in [3.8, 4) is 5.75 Å². The zero-order valence-electron chi connectivity index (χ0n) is 15.7. The van der Waals surface area contributed by atoms with Crippen LogP contribution in [-0.4, -0.2) is 49.1 Å². The molecule has 1 saturated heterocycles. The van der Waals surface area contributed by atoms with Gasteiger partial charge in [-0.2, -0.15) is 4.31 Å². The van der Waals surface area contributed by atoms with Gasteiger partial charge >= 0.3 is 0 Å². The first-order valence-electron chi connectivity index (χ1n) is 8.79. The van der Waals surface area contributed by atoms with Gasteiger partial charge in [0.25, 0.3) is 5.91 Å². The molecule has 1 aromatic heterocycles. The number of anilines is 1. The van der Waals surface area contributed by atoms with Gasteiger partial charge in [-0.3, -0.25) is 14.7 Å². The summed E-state index contributed by atoms with van der Waals surface area (Å²) in [7, 11) is -3.20. The Balaban J connectivity index is 1.58. The van der Waals surface area contributed by atoms with E-state index in [1.807, 2.05) is 19.9 Å². The first kappa shape index (κ1) is 19.2. The normalized spacial score (nSPS) is 19.4. The number of hydrogen-bond acceptors (Lipinski definition) is 5. The summed E-state index contributed by atoms with van der Waals surface area (Å²) in [6.45, 7) is 4.52. The van der Waals surface area contributed by atoms with Gasteiger partial charge in [0.05, 0.1) is 43.0 Å². The lowest BCUT2D eigenvalue weighted by Gasteiger charge is -2.37. The maximum atomic E-state index is 13.0. The van der Waals surface area contributed by atoms with Crippen molar-refractivity contribution in [3.05, 3.63) is 52.8 Å². The zero-order valence-corrected chi connectivity index (χ0v) is 17.3. The molecule has 28 heavy (non-hydrogen) atoms. The molecule has 2 aliphatic rings. The van der Waals surface area contributed by atoms with Crippen LogP contribution in [0.25, 0.3) is 0 Å². The molecule has 9 heteroatoms. The van der Waals surface area contributed by atoms with E-state index in [9.17, 15) is 13.2 Å². The number of ether oxygens (including phenoxy) is 1. The standard InChI is InChI=1S/C19H20ClN3O4S/c1-19(2)17-6-12(20)4-5-16(17)18(24)23(19)13-7-14(9-21-8-13)27-15-10-22(11-15)28(3,25)26/h4-9,15H,10-11H2,1-3H3. The molecule has 1 aromatic carbocycles. The molecule has 4 rings (SSSR count). The van der Waals surface area contributed by atoms with Gasteiger partial charge in [-0.15, -0.1) is 0 Å². The van der Waals surface area contributed by atoms with E-state index in [1.54, 1.807) is 35.5 Å². The SMILES string of the molecule is CC1(C)c2cc(Cl)ccc2C(=O)N1c1cncc(OC2CN(S(C)(=O)=O)C2)c1. The number of sulfonamides is 1. The molecule has 148 valence electrons. The third-order valence-corrected chi connectivity index (χ3v) is 6.65. The fourth-order valence-electron chi connectivity index (χ4n) is 3.68. The fraction of sp³-hybridized carbons (Fsp3) is 0.368. The molecule has 7 nitrogen and oxygen atoms in total. The molecule has 0 N–H and O–H groups in total. The van der Waals surface area contributed by atoms with Crippen LogP contribution in [0.4, 0.5) is 5.69 Å². The second-order valence-electron chi connectivity index (χ2n) is 7.59. The smallest absolute Gasteiger partial charge is 0.259 e. The lowest BCUT2D eigenvalue weighted by atomic mass is 9.93. The second-order valence-corrected chi connectivity index (χ2v) is 10.0. The monoisotopic (exact) mass is 421 g/mol. The Morgan fingerprint density at radius 1 is 1.21 bits per heavy atom. The Bertz CT molecular complexity index is 1060. The Kier molecular flexibility index (Phi) is 4.41. The Morgan fingerprint density at radius 2 is 1.93 bits per heavy atom. The minimum Gasteiger partial charge on any atom is -0.486 e. The van der Waals surface area contributed by atoms with Crippen molar-refractivity contribution >= 4 is 33.2 Å². The van der Waals surface area contributed by atoms with Crippen molar-refractivity contribution in [3.63, 3.8) is 0 Å². The second kappa shape index (κ2) is 6.43. The average molecular weight is 422 g/mol. The lowest BCUT2D eigenvalue weighted by Crippen LogP contribution is -2.55.